The molecule has 10 heteroatoms. The monoisotopic (exact) mass is 382 g/mol. The zero-order chi connectivity index (χ0) is 18.7. The maximum atomic E-state index is 12.4. The van der Waals surface area contributed by atoms with Crippen molar-refractivity contribution in [1.29, 1.82) is 0 Å². The van der Waals surface area contributed by atoms with Crippen molar-refractivity contribution in [3.05, 3.63) is 33.3 Å². The largest absolute Gasteiger partial charge is 0.378 e. The minimum absolute atomic E-state index is 0.0660. The van der Waals surface area contributed by atoms with Crippen LogP contribution in [0.4, 0.5) is 11.4 Å². The molecule has 1 aromatic carbocycles. The molecular weight excluding hydrogens is 364 g/mol. The normalized spacial score (nSPS) is 18.0. The molecule has 1 aromatic rings. The van der Waals surface area contributed by atoms with Gasteiger partial charge in [0.15, 0.2) is 0 Å². The number of anilines is 1. The zero-order valence-electron chi connectivity index (χ0n) is 14.1. The summed E-state index contributed by atoms with van der Waals surface area (Å²) in [4.78, 5) is 40.0. The number of hydrogen-bond acceptors (Lipinski definition) is 6. The van der Waals surface area contributed by atoms with E-state index in [0.717, 1.165) is 0 Å². The Balaban J connectivity index is 1.59. The fraction of sp³-hybridized carbons (Fsp3) is 0.500. The number of piperazine rings is 1. The van der Waals surface area contributed by atoms with E-state index in [4.69, 9.17) is 16.3 Å². The smallest absolute Gasteiger partial charge is 0.312 e. The topological polar surface area (TPSA) is 96.2 Å². The molecule has 0 unspecified atom stereocenters. The second kappa shape index (κ2) is 7.88. The fourth-order valence-corrected chi connectivity index (χ4v) is 3.35. The zero-order valence-corrected chi connectivity index (χ0v) is 14.9. The first kappa shape index (κ1) is 18.4. The first-order chi connectivity index (χ1) is 12.5. The number of nitrogens with zero attached hydrogens (tertiary/aromatic N) is 4. The van der Waals surface area contributed by atoms with E-state index < -0.39 is 16.7 Å². The Morgan fingerprint density at radius 2 is 1.58 bits per heavy atom. The highest BCUT2D eigenvalue weighted by Crippen LogP contribution is 2.30. The van der Waals surface area contributed by atoms with Gasteiger partial charge in [-0.3, -0.25) is 19.7 Å². The van der Waals surface area contributed by atoms with Gasteiger partial charge in [0.25, 0.3) is 5.69 Å². The van der Waals surface area contributed by atoms with Crippen molar-refractivity contribution in [3.63, 3.8) is 0 Å². The molecule has 140 valence electrons. The van der Waals surface area contributed by atoms with Gasteiger partial charge in [-0.2, -0.15) is 0 Å². The number of nitro benzene ring substituents is 1. The molecule has 0 atom stereocenters. The van der Waals surface area contributed by atoms with Crippen LogP contribution in [-0.4, -0.2) is 79.0 Å². The van der Waals surface area contributed by atoms with Gasteiger partial charge in [0.05, 0.1) is 28.8 Å². The van der Waals surface area contributed by atoms with Gasteiger partial charge in [0.1, 0.15) is 0 Å². The molecule has 0 N–H and O–H groups in total. The van der Waals surface area contributed by atoms with Crippen LogP contribution in [0.2, 0.25) is 5.02 Å². The molecule has 0 saturated carbocycles. The molecule has 2 aliphatic heterocycles. The van der Waals surface area contributed by atoms with Crippen molar-refractivity contribution in [3.8, 4) is 0 Å². The summed E-state index contributed by atoms with van der Waals surface area (Å²) in [7, 11) is 0. The molecule has 2 amide bonds. The number of amides is 2. The van der Waals surface area contributed by atoms with Crippen LogP contribution in [-0.2, 0) is 14.3 Å². The maximum absolute atomic E-state index is 12.4. The predicted molar refractivity (Wildman–Crippen MR) is 94.3 cm³/mol. The number of hydrogen-bond donors (Lipinski definition) is 0. The lowest BCUT2D eigenvalue weighted by molar-refractivity contribution is -0.384. The van der Waals surface area contributed by atoms with Crippen LogP contribution in [0.1, 0.15) is 0 Å². The predicted octanol–water partition coefficient (Wildman–Crippen LogP) is 0.756. The number of rotatable bonds is 2. The van der Waals surface area contributed by atoms with E-state index in [0.29, 0.717) is 63.2 Å². The van der Waals surface area contributed by atoms with E-state index in [1.54, 1.807) is 6.07 Å². The van der Waals surface area contributed by atoms with Gasteiger partial charge in [0, 0.05) is 51.4 Å². The van der Waals surface area contributed by atoms with E-state index >= 15 is 0 Å². The van der Waals surface area contributed by atoms with Gasteiger partial charge in [-0.1, -0.05) is 11.6 Å². The Labute approximate surface area is 155 Å². The Morgan fingerprint density at radius 1 is 1.00 bits per heavy atom. The second-order valence-electron chi connectivity index (χ2n) is 6.08. The summed E-state index contributed by atoms with van der Waals surface area (Å²) in [5.74, 6) is -0.989. The molecule has 2 fully saturated rings. The van der Waals surface area contributed by atoms with Crippen LogP contribution in [0, 0.1) is 10.1 Å². The molecule has 0 spiro atoms. The van der Waals surface area contributed by atoms with E-state index in [-0.39, 0.29) is 5.69 Å². The molecule has 0 aromatic heterocycles. The maximum Gasteiger partial charge on any atom is 0.312 e. The summed E-state index contributed by atoms with van der Waals surface area (Å²) < 4.78 is 5.19. The first-order valence-electron chi connectivity index (χ1n) is 8.32. The molecule has 9 nitrogen and oxygen atoms in total. The van der Waals surface area contributed by atoms with E-state index in [9.17, 15) is 19.7 Å². The lowest BCUT2D eigenvalue weighted by Gasteiger charge is -2.37. The van der Waals surface area contributed by atoms with E-state index in [1.165, 1.54) is 21.9 Å². The fourth-order valence-electron chi connectivity index (χ4n) is 3.05. The number of carbonyl (C=O) groups is 2. The van der Waals surface area contributed by atoms with Crippen LogP contribution in [0.15, 0.2) is 18.2 Å². The Morgan fingerprint density at radius 3 is 2.12 bits per heavy atom. The summed E-state index contributed by atoms with van der Waals surface area (Å²) in [6.45, 7) is 3.55. The third-order valence-corrected chi connectivity index (χ3v) is 4.83. The third kappa shape index (κ3) is 3.88. The highest BCUT2D eigenvalue weighted by atomic mass is 35.5. The minimum atomic E-state index is -0.499. The van der Waals surface area contributed by atoms with Crippen molar-refractivity contribution >= 4 is 34.8 Å². The quantitative estimate of drug-likeness (QED) is 0.425. The summed E-state index contributed by atoms with van der Waals surface area (Å²) in [6.07, 6.45) is 0. The Kier molecular flexibility index (Phi) is 5.58. The van der Waals surface area contributed by atoms with Crippen molar-refractivity contribution in [2.24, 2.45) is 0 Å². The molecule has 2 saturated heterocycles. The number of nitro groups is 1. The van der Waals surface area contributed by atoms with E-state index in [1.807, 2.05) is 4.90 Å². The summed E-state index contributed by atoms with van der Waals surface area (Å²) in [6, 6.07) is 4.33. The van der Waals surface area contributed by atoms with Crippen LogP contribution in [0.25, 0.3) is 0 Å². The van der Waals surface area contributed by atoms with Crippen molar-refractivity contribution in [1.82, 2.24) is 9.80 Å². The van der Waals surface area contributed by atoms with Crippen LogP contribution in [0.5, 0.6) is 0 Å². The van der Waals surface area contributed by atoms with Crippen LogP contribution < -0.4 is 4.90 Å². The van der Waals surface area contributed by atoms with Crippen molar-refractivity contribution in [2.75, 3.05) is 57.4 Å². The van der Waals surface area contributed by atoms with Gasteiger partial charge >= 0.3 is 11.8 Å². The molecule has 0 radical (unpaired) electrons. The SMILES string of the molecule is O=C(C(=O)N1CCN(c2ccc([N+](=O)[O-])cc2Cl)CC1)N1CCOCC1. The molecule has 26 heavy (non-hydrogen) atoms. The van der Waals surface area contributed by atoms with Crippen LogP contribution >= 0.6 is 11.6 Å². The van der Waals surface area contributed by atoms with Gasteiger partial charge < -0.3 is 19.4 Å². The highest BCUT2D eigenvalue weighted by Gasteiger charge is 2.30. The summed E-state index contributed by atoms with van der Waals surface area (Å²) >= 11 is 6.16. The molecule has 0 bridgehead atoms. The van der Waals surface area contributed by atoms with Gasteiger partial charge in [0.2, 0.25) is 0 Å². The van der Waals surface area contributed by atoms with Crippen LogP contribution in [0.3, 0.4) is 0 Å². The molecule has 3 rings (SSSR count). The van der Waals surface area contributed by atoms with Gasteiger partial charge in [-0.25, -0.2) is 0 Å². The summed E-state index contributed by atoms with van der Waals surface area (Å²) in [5.41, 5.74) is 0.618. The Hall–Kier alpha value is -2.39. The Bertz CT molecular complexity index is 715. The van der Waals surface area contributed by atoms with Gasteiger partial charge in [-0.15, -0.1) is 0 Å². The number of carbonyl (C=O) groups excluding carboxylic acids is 2. The molecule has 0 aliphatic carbocycles. The number of morpholine rings is 1. The second-order valence-corrected chi connectivity index (χ2v) is 6.48. The standard InChI is InChI=1S/C16H19ClN4O5/c17-13-11-12(21(24)25)1-2-14(13)18-3-5-19(6-4-18)15(22)16(23)20-7-9-26-10-8-20/h1-2,11H,3-10H2. The number of benzene rings is 1. The number of non-ortho nitro benzene ring substituents is 1. The van der Waals surface area contributed by atoms with E-state index in [2.05, 4.69) is 0 Å². The third-order valence-electron chi connectivity index (χ3n) is 4.53. The lowest BCUT2D eigenvalue weighted by atomic mass is 10.2. The first-order valence-corrected chi connectivity index (χ1v) is 8.70. The molecular formula is C16H19ClN4O5. The highest BCUT2D eigenvalue weighted by molar-refractivity contribution is 6.35. The van der Waals surface area contributed by atoms with Gasteiger partial charge in [-0.05, 0) is 6.07 Å². The molecule has 2 heterocycles. The molecule has 2 aliphatic rings. The van der Waals surface area contributed by atoms with Crippen molar-refractivity contribution < 1.29 is 19.2 Å². The lowest BCUT2D eigenvalue weighted by Crippen LogP contribution is -2.54. The number of ether oxygens (including phenoxy) is 1. The van der Waals surface area contributed by atoms with Crippen molar-refractivity contribution in [2.45, 2.75) is 0 Å². The number of halogens is 1. The average Bonchev–Trinajstić information content (AvgIpc) is 2.67. The minimum Gasteiger partial charge on any atom is -0.378 e. The average molecular weight is 383 g/mol. The summed E-state index contributed by atoms with van der Waals surface area (Å²) in [5, 5.41) is 11.1.